The first-order chi connectivity index (χ1) is 17.3. The van der Waals surface area contributed by atoms with E-state index in [9.17, 15) is 37.7 Å². The van der Waals surface area contributed by atoms with Gasteiger partial charge in [-0.1, -0.05) is 0 Å². The van der Waals surface area contributed by atoms with E-state index in [-0.39, 0.29) is 47.5 Å². The van der Waals surface area contributed by atoms with Crippen LogP contribution >= 0.6 is 24.0 Å². The highest BCUT2D eigenvalue weighted by Gasteiger charge is 2.41. The lowest BCUT2D eigenvalue weighted by atomic mass is 10.0. The van der Waals surface area contributed by atoms with Crippen LogP contribution in [0.3, 0.4) is 0 Å². The number of carbonyl (C=O) groups is 4. The van der Waals surface area contributed by atoms with E-state index in [4.69, 9.17) is 4.74 Å². The van der Waals surface area contributed by atoms with Gasteiger partial charge in [0, 0.05) is 25.1 Å². The maximum absolute atomic E-state index is 13.0. The zero-order chi connectivity index (χ0) is 27.3. The molecule has 3 amide bonds. The van der Waals surface area contributed by atoms with Crippen LogP contribution in [0.15, 0.2) is 36.4 Å². The van der Waals surface area contributed by atoms with Gasteiger partial charge in [-0.15, -0.1) is 24.0 Å². The van der Waals surface area contributed by atoms with Crippen molar-refractivity contribution in [2.75, 3.05) is 18.1 Å². The summed E-state index contributed by atoms with van der Waals surface area (Å²) in [7, 11) is -3.76. The van der Waals surface area contributed by atoms with Gasteiger partial charge in [0.2, 0.25) is 15.9 Å². The fourth-order valence-electron chi connectivity index (χ4n) is 3.66. The van der Waals surface area contributed by atoms with Crippen molar-refractivity contribution in [2.24, 2.45) is 5.92 Å². The molecule has 1 aliphatic heterocycles. The molecule has 1 aromatic carbocycles. The summed E-state index contributed by atoms with van der Waals surface area (Å²) in [5.74, 6) is -1.77. The molecule has 0 aliphatic carbocycles. The van der Waals surface area contributed by atoms with E-state index in [1.807, 2.05) is 4.72 Å². The molecule has 1 aliphatic rings. The van der Waals surface area contributed by atoms with E-state index in [0.29, 0.717) is 5.56 Å². The fraction of sp³-hybridized carbons (Fsp3) is 0.333. The SMILES string of the molecule is CS(=O)(=O)NC(=O)c1ccc(NC(=O)[C@@H]2C[C@@H](CC(=O)S)CN2C(=O)OCc2ccc([N+](=O)[O-])cc2)s1. The maximum Gasteiger partial charge on any atom is 0.410 e. The highest BCUT2D eigenvalue weighted by atomic mass is 32.2. The summed E-state index contributed by atoms with van der Waals surface area (Å²) < 4.78 is 29.7. The van der Waals surface area contributed by atoms with E-state index >= 15 is 0 Å². The molecule has 1 saturated heterocycles. The highest BCUT2D eigenvalue weighted by molar-refractivity contribution is 7.96. The van der Waals surface area contributed by atoms with Gasteiger partial charge in [-0.05, 0) is 42.2 Å². The third-order valence-electron chi connectivity index (χ3n) is 5.25. The van der Waals surface area contributed by atoms with E-state index in [2.05, 4.69) is 17.9 Å². The summed E-state index contributed by atoms with van der Waals surface area (Å²) in [6, 6.07) is 7.20. The number of nitrogens with zero attached hydrogens (tertiary/aromatic N) is 2. The van der Waals surface area contributed by atoms with Gasteiger partial charge in [-0.3, -0.25) is 29.4 Å². The average molecular weight is 571 g/mol. The average Bonchev–Trinajstić information content (AvgIpc) is 3.43. The Balaban J connectivity index is 1.68. The summed E-state index contributed by atoms with van der Waals surface area (Å²) in [6.07, 6.45) is 0.223. The van der Waals surface area contributed by atoms with Crippen molar-refractivity contribution >= 4 is 67.7 Å². The Hall–Kier alpha value is -3.50. The monoisotopic (exact) mass is 570 g/mol. The Morgan fingerprint density at radius 2 is 1.86 bits per heavy atom. The lowest BCUT2D eigenvalue weighted by Gasteiger charge is -2.23. The first-order valence-electron chi connectivity index (χ1n) is 10.6. The fourth-order valence-corrected chi connectivity index (χ4v) is 5.23. The number of carbonyl (C=O) groups excluding carboxylic acids is 4. The van der Waals surface area contributed by atoms with Crippen molar-refractivity contribution in [2.45, 2.75) is 25.5 Å². The van der Waals surface area contributed by atoms with Crippen LogP contribution in [-0.4, -0.2) is 60.1 Å². The topological polar surface area (TPSA) is 182 Å². The number of rotatable bonds is 9. The normalized spacial score (nSPS) is 17.2. The lowest BCUT2D eigenvalue weighted by molar-refractivity contribution is -0.384. The van der Waals surface area contributed by atoms with E-state index < -0.39 is 44.0 Å². The van der Waals surface area contributed by atoms with Gasteiger partial charge in [0.05, 0.1) is 21.1 Å². The third kappa shape index (κ3) is 7.99. The molecule has 2 N–H and O–H groups in total. The Labute approximate surface area is 220 Å². The van der Waals surface area contributed by atoms with Crippen LogP contribution in [0.4, 0.5) is 15.5 Å². The van der Waals surface area contributed by atoms with Gasteiger partial charge in [0.25, 0.3) is 11.6 Å². The molecule has 37 heavy (non-hydrogen) atoms. The van der Waals surface area contributed by atoms with Gasteiger partial charge >= 0.3 is 6.09 Å². The van der Waals surface area contributed by atoms with E-state index in [0.717, 1.165) is 17.6 Å². The molecule has 16 heteroatoms. The lowest BCUT2D eigenvalue weighted by Crippen LogP contribution is -2.43. The number of nitrogens with one attached hydrogen (secondary N) is 2. The Morgan fingerprint density at radius 3 is 2.46 bits per heavy atom. The molecular weight excluding hydrogens is 548 g/mol. The summed E-state index contributed by atoms with van der Waals surface area (Å²) in [4.78, 5) is 60.8. The summed E-state index contributed by atoms with van der Waals surface area (Å²) >= 11 is 4.62. The van der Waals surface area contributed by atoms with Crippen LogP contribution in [-0.2, 0) is 31.0 Å². The molecule has 1 fully saturated rings. The van der Waals surface area contributed by atoms with Crippen LogP contribution in [0, 0.1) is 16.0 Å². The quantitative estimate of drug-likeness (QED) is 0.231. The standard InChI is InChI=1S/C21H22N4O9S3/c1-37(32,33)23-20(28)16-6-7-17(36-16)22-19(27)15-8-13(9-18(26)35)10-24(15)21(29)34-11-12-2-4-14(5-3-12)25(30)31/h2-7,13,15H,8-11H2,1H3,(H,22,27)(H,23,28)(H,26,35)/t13-,15-/m0/s1. The van der Waals surface area contributed by atoms with Crippen LogP contribution in [0.5, 0.6) is 0 Å². The van der Waals surface area contributed by atoms with Crippen molar-refractivity contribution in [3.8, 4) is 0 Å². The number of non-ortho nitro benzene ring substituents is 1. The van der Waals surface area contributed by atoms with Crippen molar-refractivity contribution in [3.63, 3.8) is 0 Å². The summed E-state index contributed by atoms with van der Waals surface area (Å²) in [6.45, 7) is -0.127. The molecule has 3 rings (SSSR count). The van der Waals surface area contributed by atoms with Crippen molar-refractivity contribution in [1.82, 2.24) is 9.62 Å². The Morgan fingerprint density at radius 1 is 1.19 bits per heavy atom. The third-order valence-corrected chi connectivity index (χ3v) is 6.99. The van der Waals surface area contributed by atoms with Crippen LogP contribution < -0.4 is 10.0 Å². The molecule has 0 saturated carbocycles. The number of nitro groups is 1. The predicted octanol–water partition coefficient (Wildman–Crippen LogP) is 2.16. The second-order valence-electron chi connectivity index (χ2n) is 8.20. The molecule has 0 bridgehead atoms. The smallest absolute Gasteiger partial charge is 0.410 e. The predicted molar refractivity (Wildman–Crippen MR) is 136 cm³/mol. The molecule has 2 atom stereocenters. The molecule has 0 radical (unpaired) electrons. The van der Waals surface area contributed by atoms with Crippen molar-refractivity contribution < 1.29 is 37.3 Å². The van der Waals surface area contributed by atoms with Gasteiger partial charge in [-0.2, -0.15) is 0 Å². The number of hydrogen-bond donors (Lipinski definition) is 3. The number of anilines is 1. The van der Waals surface area contributed by atoms with Gasteiger partial charge < -0.3 is 10.1 Å². The molecule has 1 aromatic heterocycles. The number of thiol groups is 1. The number of likely N-dealkylation sites (tertiary alicyclic amines) is 1. The summed E-state index contributed by atoms with van der Waals surface area (Å²) in [5, 5.41) is 13.2. The molecule has 13 nitrogen and oxygen atoms in total. The molecule has 0 spiro atoms. The molecule has 198 valence electrons. The highest BCUT2D eigenvalue weighted by Crippen LogP contribution is 2.30. The number of amides is 3. The van der Waals surface area contributed by atoms with Crippen molar-refractivity contribution in [1.29, 1.82) is 0 Å². The minimum Gasteiger partial charge on any atom is -0.445 e. The largest absolute Gasteiger partial charge is 0.445 e. The van der Waals surface area contributed by atoms with Gasteiger partial charge in [0.1, 0.15) is 12.6 Å². The van der Waals surface area contributed by atoms with E-state index in [1.54, 1.807) is 0 Å². The minimum absolute atomic E-state index is 0.0356. The Kier molecular flexibility index (Phi) is 8.88. The zero-order valence-electron chi connectivity index (χ0n) is 19.3. The second kappa shape index (κ2) is 11.7. The maximum atomic E-state index is 13.0. The Bertz CT molecular complexity index is 1320. The first-order valence-corrected chi connectivity index (χ1v) is 13.8. The molecule has 2 heterocycles. The van der Waals surface area contributed by atoms with Gasteiger partial charge in [0.15, 0.2) is 5.12 Å². The van der Waals surface area contributed by atoms with Crippen LogP contribution in [0.2, 0.25) is 0 Å². The second-order valence-corrected chi connectivity index (χ2v) is 11.5. The van der Waals surface area contributed by atoms with Crippen LogP contribution in [0.1, 0.15) is 28.1 Å². The first kappa shape index (κ1) is 28.1. The van der Waals surface area contributed by atoms with E-state index in [1.165, 1.54) is 41.3 Å². The van der Waals surface area contributed by atoms with Crippen molar-refractivity contribution in [3.05, 3.63) is 57.0 Å². The number of benzene rings is 1. The van der Waals surface area contributed by atoms with Crippen LogP contribution in [0.25, 0.3) is 0 Å². The molecular formula is C21H22N4O9S3. The number of ether oxygens (including phenoxy) is 1. The molecule has 2 aromatic rings. The number of sulfonamides is 1. The number of thiophene rings is 1. The number of hydrogen-bond acceptors (Lipinski definition) is 10. The molecule has 0 unspecified atom stereocenters. The summed E-state index contributed by atoms with van der Waals surface area (Å²) in [5.41, 5.74) is 0.385. The number of nitro benzene ring substituents is 1. The van der Waals surface area contributed by atoms with Gasteiger partial charge in [-0.25, -0.2) is 17.9 Å². The zero-order valence-corrected chi connectivity index (χ0v) is 21.8. The minimum atomic E-state index is -3.76.